The molecule has 3 aromatic rings. The van der Waals surface area contributed by atoms with Gasteiger partial charge in [0.15, 0.2) is 0 Å². The third-order valence-corrected chi connectivity index (χ3v) is 7.75. The standard InChI is InChI=1S/C26H23ClN2O4S2/c1-16-11-21(16)22-9-8-20(33-22)14-28(13-19-3-2-10-32-19)24(30)15-29-25(31)23(35-26(29)34)12-17-4-6-18(27)7-5-17/h2-10,12,16,21H,11,13-15H2,1H3/b23-12-. The zero-order valence-corrected chi connectivity index (χ0v) is 21.4. The lowest BCUT2D eigenvalue weighted by molar-refractivity contribution is -0.136. The van der Waals surface area contributed by atoms with Crippen molar-refractivity contribution in [2.24, 2.45) is 5.92 Å². The molecule has 0 radical (unpaired) electrons. The molecule has 35 heavy (non-hydrogen) atoms. The van der Waals surface area contributed by atoms with Crippen molar-refractivity contribution in [3.8, 4) is 0 Å². The number of hydrogen-bond acceptors (Lipinski definition) is 6. The van der Waals surface area contributed by atoms with Gasteiger partial charge < -0.3 is 13.7 Å². The Balaban J connectivity index is 1.30. The van der Waals surface area contributed by atoms with Crippen LogP contribution in [-0.4, -0.2) is 32.5 Å². The van der Waals surface area contributed by atoms with Gasteiger partial charge in [-0.15, -0.1) is 0 Å². The van der Waals surface area contributed by atoms with E-state index in [2.05, 4.69) is 6.92 Å². The molecule has 2 atom stereocenters. The van der Waals surface area contributed by atoms with Crippen LogP contribution < -0.4 is 0 Å². The molecular formula is C26H23ClN2O4S2. The third kappa shape index (κ3) is 5.55. The number of thiocarbonyl (C=S) groups is 1. The van der Waals surface area contributed by atoms with Gasteiger partial charge in [-0.25, -0.2) is 0 Å². The topological polar surface area (TPSA) is 66.9 Å². The Hall–Kier alpha value is -2.81. The minimum atomic E-state index is -0.288. The van der Waals surface area contributed by atoms with E-state index in [1.54, 1.807) is 35.4 Å². The number of nitrogens with zero attached hydrogens (tertiary/aromatic N) is 2. The quantitative estimate of drug-likeness (QED) is 0.262. The van der Waals surface area contributed by atoms with Crippen LogP contribution in [0.15, 0.2) is 68.5 Å². The molecule has 2 amide bonds. The largest absolute Gasteiger partial charge is 0.467 e. The van der Waals surface area contributed by atoms with Gasteiger partial charge in [-0.2, -0.15) is 0 Å². The van der Waals surface area contributed by atoms with Gasteiger partial charge in [0.2, 0.25) is 5.91 Å². The van der Waals surface area contributed by atoms with E-state index in [-0.39, 0.29) is 31.4 Å². The molecule has 0 bridgehead atoms. The first kappa shape index (κ1) is 23.9. The molecule has 0 spiro atoms. The fourth-order valence-corrected chi connectivity index (χ4v) is 5.37. The Morgan fingerprint density at radius 1 is 1.20 bits per heavy atom. The van der Waals surface area contributed by atoms with Crippen molar-refractivity contribution in [3.05, 3.63) is 87.6 Å². The van der Waals surface area contributed by atoms with Gasteiger partial charge in [0, 0.05) is 10.9 Å². The number of benzene rings is 1. The fraction of sp³-hybridized carbons (Fsp3) is 0.269. The van der Waals surface area contributed by atoms with E-state index in [4.69, 9.17) is 32.7 Å². The molecule has 9 heteroatoms. The summed E-state index contributed by atoms with van der Waals surface area (Å²) in [6.07, 6.45) is 4.45. The van der Waals surface area contributed by atoms with Crippen molar-refractivity contribution in [1.82, 2.24) is 9.80 Å². The molecule has 2 aromatic heterocycles. The summed E-state index contributed by atoms with van der Waals surface area (Å²) < 4.78 is 11.8. The first-order valence-corrected chi connectivity index (χ1v) is 12.9. The monoisotopic (exact) mass is 526 g/mol. The second-order valence-electron chi connectivity index (χ2n) is 8.77. The summed E-state index contributed by atoms with van der Waals surface area (Å²) in [5.41, 5.74) is 0.833. The summed E-state index contributed by atoms with van der Waals surface area (Å²) in [7, 11) is 0. The van der Waals surface area contributed by atoms with Crippen LogP contribution in [0.4, 0.5) is 0 Å². The second-order valence-corrected chi connectivity index (χ2v) is 10.9. The molecule has 0 N–H and O–H groups in total. The number of carbonyl (C=O) groups excluding carboxylic acids is 2. The van der Waals surface area contributed by atoms with E-state index in [9.17, 15) is 9.59 Å². The lowest BCUT2D eigenvalue weighted by atomic mass is 10.2. The smallest absolute Gasteiger partial charge is 0.266 e. The van der Waals surface area contributed by atoms with Crippen LogP contribution in [0.25, 0.3) is 6.08 Å². The first-order valence-electron chi connectivity index (χ1n) is 11.3. The van der Waals surface area contributed by atoms with E-state index in [1.807, 2.05) is 30.3 Å². The molecule has 1 aromatic carbocycles. The second kappa shape index (κ2) is 10.0. The highest BCUT2D eigenvalue weighted by atomic mass is 35.5. The highest BCUT2D eigenvalue weighted by Gasteiger charge is 2.37. The van der Waals surface area contributed by atoms with Crippen LogP contribution in [-0.2, 0) is 22.7 Å². The molecule has 1 saturated heterocycles. The average Bonchev–Trinajstić information content (AvgIpc) is 3.18. The van der Waals surface area contributed by atoms with Gasteiger partial charge in [0.05, 0.1) is 24.3 Å². The maximum Gasteiger partial charge on any atom is 0.266 e. The summed E-state index contributed by atoms with van der Waals surface area (Å²) in [4.78, 5) is 29.9. The van der Waals surface area contributed by atoms with Crippen LogP contribution in [0.1, 0.15) is 42.1 Å². The van der Waals surface area contributed by atoms with Crippen molar-refractivity contribution in [1.29, 1.82) is 0 Å². The number of carbonyl (C=O) groups is 2. The third-order valence-electron chi connectivity index (χ3n) is 6.12. The van der Waals surface area contributed by atoms with Crippen LogP contribution in [0.3, 0.4) is 0 Å². The molecule has 6 nitrogen and oxygen atoms in total. The number of hydrogen-bond donors (Lipinski definition) is 0. The number of thioether (sulfide) groups is 1. The minimum Gasteiger partial charge on any atom is -0.467 e. The number of rotatable bonds is 8. The van der Waals surface area contributed by atoms with Crippen LogP contribution in [0, 0.1) is 5.92 Å². The van der Waals surface area contributed by atoms with E-state index in [0.717, 1.165) is 17.7 Å². The summed E-state index contributed by atoms with van der Waals surface area (Å²) in [6, 6.07) is 14.7. The van der Waals surface area contributed by atoms with Gasteiger partial charge in [0.25, 0.3) is 5.91 Å². The molecule has 5 rings (SSSR count). The van der Waals surface area contributed by atoms with E-state index in [1.165, 1.54) is 16.7 Å². The Bertz CT molecular complexity index is 1280. The Kier molecular flexibility index (Phi) is 6.86. The van der Waals surface area contributed by atoms with Crippen molar-refractivity contribution >= 4 is 57.8 Å². The van der Waals surface area contributed by atoms with Crippen molar-refractivity contribution < 1.29 is 18.4 Å². The molecule has 3 heterocycles. The van der Waals surface area contributed by atoms with Crippen molar-refractivity contribution in [2.75, 3.05) is 6.54 Å². The number of amides is 2. The van der Waals surface area contributed by atoms with Crippen LogP contribution in [0.5, 0.6) is 0 Å². The van der Waals surface area contributed by atoms with Crippen LogP contribution >= 0.6 is 35.6 Å². The number of furan rings is 2. The maximum atomic E-state index is 13.4. The molecule has 2 fully saturated rings. The van der Waals surface area contributed by atoms with Crippen LogP contribution in [0.2, 0.25) is 5.02 Å². The Morgan fingerprint density at radius 2 is 1.94 bits per heavy atom. The summed E-state index contributed by atoms with van der Waals surface area (Å²) in [5, 5.41) is 0.618. The van der Waals surface area contributed by atoms with Gasteiger partial charge >= 0.3 is 0 Å². The normalized spacial score (nSPS) is 20.6. The van der Waals surface area contributed by atoms with Gasteiger partial charge in [-0.1, -0.05) is 54.6 Å². The molecule has 2 aliphatic rings. The zero-order chi connectivity index (χ0) is 24.5. The molecule has 1 aliphatic heterocycles. The van der Waals surface area contributed by atoms with E-state index >= 15 is 0 Å². The number of halogens is 1. The van der Waals surface area contributed by atoms with E-state index in [0.29, 0.717) is 37.6 Å². The predicted octanol–water partition coefficient (Wildman–Crippen LogP) is 6.08. The van der Waals surface area contributed by atoms with E-state index < -0.39 is 0 Å². The van der Waals surface area contributed by atoms with Gasteiger partial charge in [0.1, 0.15) is 28.1 Å². The average molecular weight is 527 g/mol. The fourth-order valence-electron chi connectivity index (χ4n) is 3.99. The van der Waals surface area contributed by atoms with Crippen molar-refractivity contribution in [2.45, 2.75) is 32.4 Å². The van der Waals surface area contributed by atoms with Gasteiger partial charge in [-0.05, 0) is 60.4 Å². The molecule has 2 unspecified atom stereocenters. The first-order chi connectivity index (χ1) is 16.9. The molecular weight excluding hydrogens is 504 g/mol. The zero-order valence-electron chi connectivity index (χ0n) is 19.0. The highest BCUT2D eigenvalue weighted by Crippen LogP contribution is 2.47. The highest BCUT2D eigenvalue weighted by molar-refractivity contribution is 8.26. The molecule has 1 saturated carbocycles. The molecule has 1 aliphatic carbocycles. The summed E-state index contributed by atoms with van der Waals surface area (Å²) in [5.74, 6) is 2.86. The lowest BCUT2D eigenvalue weighted by Crippen LogP contribution is -2.41. The summed E-state index contributed by atoms with van der Waals surface area (Å²) in [6.45, 7) is 2.58. The van der Waals surface area contributed by atoms with Gasteiger partial charge in [-0.3, -0.25) is 14.5 Å². The maximum absolute atomic E-state index is 13.4. The predicted molar refractivity (Wildman–Crippen MR) is 140 cm³/mol. The molecule has 180 valence electrons. The lowest BCUT2D eigenvalue weighted by Gasteiger charge is -2.23. The van der Waals surface area contributed by atoms with Crippen molar-refractivity contribution in [3.63, 3.8) is 0 Å². The summed E-state index contributed by atoms with van der Waals surface area (Å²) >= 11 is 12.6. The Morgan fingerprint density at radius 3 is 2.63 bits per heavy atom. The Labute approximate surface area is 217 Å². The minimum absolute atomic E-state index is 0.156. The SMILES string of the molecule is CC1CC1c1ccc(CN(Cc2ccco2)C(=O)CN2C(=O)/C(=C/c3ccc(Cl)cc3)SC2=S)o1.